The number of carbonyl (C=O) groups is 2. The predicted molar refractivity (Wildman–Crippen MR) is 108 cm³/mol. The van der Waals surface area contributed by atoms with E-state index in [1.165, 1.54) is 0 Å². The van der Waals surface area contributed by atoms with Gasteiger partial charge >= 0.3 is 5.97 Å². The molecule has 0 heterocycles. The molecular formula is C24H22O4. The van der Waals surface area contributed by atoms with Gasteiger partial charge in [-0.2, -0.15) is 0 Å². The Morgan fingerprint density at radius 1 is 0.750 bits per heavy atom. The van der Waals surface area contributed by atoms with Gasteiger partial charge < -0.3 is 9.47 Å². The fourth-order valence-corrected chi connectivity index (χ4v) is 3.01. The van der Waals surface area contributed by atoms with Crippen molar-refractivity contribution in [1.82, 2.24) is 0 Å². The molecular weight excluding hydrogens is 352 g/mol. The SMILES string of the molecule is COc1ccc(C(=O)OC(c2ccccc2)C(C)C(=O)c2ccccc2)cc1. The lowest BCUT2D eigenvalue weighted by Crippen LogP contribution is -2.24. The topological polar surface area (TPSA) is 52.6 Å². The molecule has 0 saturated heterocycles. The molecule has 0 saturated carbocycles. The molecule has 0 aliphatic rings. The first kappa shape index (κ1) is 19.4. The van der Waals surface area contributed by atoms with Gasteiger partial charge in [0.25, 0.3) is 0 Å². The minimum Gasteiger partial charge on any atom is -0.497 e. The van der Waals surface area contributed by atoms with Gasteiger partial charge in [-0.25, -0.2) is 4.79 Å². The van der Waals surface area contributed by atoms with E-state index in [2.05, 4.69) is 0 Å². The van der Waals surface area contributed by atoms with E-state index < -0.39 is 18.0 Å². The normalized spacial score (nSPS) is 12.6. The van der Waals surface area contributed by atoms with Crippen LogP contribution in [0.15, 0.2) is 84.9 Å². The van der Waals surface area contributed by atoms with E-state index in [1.54, 1.807) is 50.4 Å². The zero-order valence-electron chi connectivity index (χ0n) is 15.9. The van der Waals surface area contributed by atoms with Gasteiger partial charge in [-0.15, -0.1) is 0 Å². The summed E-state index contributed by atoms with van der Waals surface area (Å²) in [6.45, 7) is 1.79. The van der Waals surface area contributed by atoms with Crippen molar-refractivity contribution in [2.45, 2.75) is 13.0 Å². The highest BCUT2D eigenvalue weighted by Crippen LogP contribution is 2.30. The average molecular weight is 374 g/mol. The van der Waals surface area contributed by atoms with Gasteiger partial charge in [-0.1, -0.05) is 67.6 Å². The molecule has 0 spiro atoms. The van der Waals surface area contributed by atoms with Crippen LogP contribution in [-0.2, 0) is 4.74 Å². The van der Waals surface area contributed by atoms with Crippen LogP contribution in [0.25, 0.3) is 0 Å². The van der Waals surface area contributed by atoms with Gasteiger partial charge in [-0.3, -0.25) is 4.79 Å². The molecule has 28 heavy (non-hydrogen) atoms. The maximum atomic E-state index is 13.0. The summed E-state index contributed by atoms with van der Waals surface area (Å²) >= 11 is 0. The first-order chi connectivity index (χ1) is 13.6. The van der Waals surface area contributed by atoms with Gasteiger partial charge in [0.05, 0.1) is 18.6 Å². The molecule has 4 heteroatoms. The molecule has 0 aromatic heterocycles. The summed E-state index contributed by atoms with van der Waals surface area (Å²) in [4.78, 5) is 25.7. The molecule has 0 amide bonds. The first-order valence-corrected chi connectivity index (χ1v) is 9.09. The molecule has 0 radical (unpaired) electrons. The highest BCUT2D eigenvalue weighted by molar-refractivity contribution is 5.98. The largest absolute Gasteiger partial charge is 0.497 e. The van der Waals surface area contributed by atoms with Crippen molar-refractivity contribution in [3.05, 3.63) is 102 Å². The maximum absolute atomic E-state index is 13.0. The molecule has 2 unspecified atom stereocenters. The minimum absolute atomic E-state index is 0.0722. The Morgan fingerprint density at radius 3 is 1.89 bits per heavy atom. The zero-order valence-corrected chi connectivity index (χ0v) is 15.9. The third kappa shape index (κ3) is 4.46. The number of rotatable bonds is 7. The van der Waals surface area contributed by atoms with Crippen LogP contribution >= 0.6 is 0 Å². The molecule has 0 N–H and O–H groups in total. The molecule has 0 bridgehead atoms. The Morgan fingerprint density at radius 2 is 1.32 bits per heavy atom. The molecule has 0 aliphatic heterocycles. The fourth-order valence-electron chi connectivity index (χ4n) is 3.01. The fraction of sp³-hybridized carbons (Fsp3) is 0.167. The van der Waals surface area contributed by atoms with E-state index in [9.17, 15) is 9.59 Å². The second-order valence-electron chi connectivity index (χ2n) is 6.48. The minimum atomic E-state index is -0.691. The van der Waals surface area contributed by atoms with Crippen molar-refractivity contribution >= 4 is 11.8 Å². The molecule has 3 aromatic rings. The van der Waals surface area contributed by atoms with E-state index in [0.29, 0.717) is 16.9 Å². The summed E-state index contributed by atoms with van der Waals surface area (Å²) in [5.41, 5.74) is 1.78. The molecule has 0 aliphatic carbocycles. The van der Waals surface area contributed by atoms with Crippen LogP contribution in [0, 0.1) is 5.92 Å². The highest BCUT2D eigenvalue weighted by Gasteiger charge is 2.30. The molecule has 2 atom stereocenters. The van der Waals surface area contributed by atoms with Gasteiger partial charge in [0, 0.05) is 5.56 Å². The zero-order chi connectivity index (χ0) is 19.9. The van der Waals surface area contributed by atoms with Crippen LogP contribution < -0.4 is 4.74 Å². The molecule has 142 valence electrons. The van der Waals surface area contributed by atoms with Crippen LogP contribution in [0.1, 0.15) is 39.3 Å². The van der Waals surface area contributed by atoms with Gasteiger partial charge in [0.15, 0.2) is 5.78 Å². The highest BCUT2D eigenvalue weighted by atomic mass is 16.5. The van der Waals surface area contributed by atoms with E-state index in [1.807, 2.05) is 48.5 Å². The van der Waals surface area contributed by atoms with Gasteiger partial charge in [-0.05, 0) is 29.8 Å². The number of methoxy groups -OCH3 is 1. The number of ether oxygens (including phenoxy) is 2. The Bertz CT molecular complexity index is 918. The molecule has 3 aromatic carbocycles. The lowest BCUT2D eigenvalue weighted by Gasteiger charge is -2.24. The van der Waals surface area contributed by atoms with Crippen molar-refractivity contribution < 1.29 is 19.1 Å². The van der Waals surface area contributed by atoms with E-state index in [-0.39, 0.29) is 5.78 Å². The average Bonchev–Trinajstić information content (AvgIpc) is 2.77. The predicted octanol–water partition coefficient (Wildman–Crippen LogP) is 5.11. The maximum Gasteiger partial charge on any atom is 0.338 e. The molecule has 4 nitrogen and oxygen atoms in total. The van der Waals surface area contributed by atoms with Crippen molar-refractivity contribution in [3.63, 3.8) is 0 Å². The monoisotopic (exact) mass is 374 g/mol. The number of esters is 1. The van der Waals surface area contributed by atoms with Crippen molar-refractivity contribution in [2.75, 3.05) is 7.11 Å². The Labute approximate surface area is 164 Å². The number of hydrogen-bond donors (Lipinski definition) is 0. The van der Waals surface area contributed by atoms with E-state index in [0.717, 1.165) is 5.56 Å². The Balaban J connectivity index is 1.86. The van der Waals surface area contributed by atoms with Crippen LogP contribution in [0.4, 0.5) is 0 Å². The molecule has 3 rings (SSSR count). The van der Waals surface area contributed by atoms with Crippen LogP contribution in [0.3, 0.4) is 0 Å². The second-order valence-corrected chi connectivity index (χ2v) is 6.48. The van der Waals surface area contributed by atoms with Gasteiger partial charge in [0.2, 0.25) is 0 Å². The number of benzene rings is 3. The summed E-state index contributed by atoms with van der Waals surface area (Å²) in [6.07, 6.45) is -0.691. The van der Waals surface area contributed by atoms with Crippen LogP contribution in [-0.4, -0.2) is 18.9 Å². The van der Waals surface area contributed by atoms with Crippen molar-refractivity contribution in [3.8, 4) is 5.75 Å². The van der Waals surface area contributed by atoms with E-state index in [4.69, 9.17) is 9.47 Å². The number of Topliss-reactive ketones (excluding diaryl/α,β-unsaturated/α-hetero) is 1. The second kappa shape index (κ2) is 9.00. The molecule has 0 fully saturated rings. The summed E-state index contributed by atoms with van der Waals surface area (Å²) in [5.74, 6) is -0.433. The Kier molecular flexibility index (Phi) is 6.22. The smallest absolute Gasteiger partial charge is 0.338 e. The number of carbonyl (C=O) groups excluding carboxylic acids is 2. The summed E-state index contributed by atoms with van der Waals surface area (Å²) in [6, 6.07) is 25.1. The quantitative estimate of drug-likeness (QED) is 0.426. The summed E-state index contributed by atoms with van der Waals surface area (Å²) in [5, 5.41) is 0. The third-order valence-electron chi connectivity index (χ3n) is 4.61. The van der Waals surface area contributed by atoms with Crippen LogP contribution in [0.5, 0.6) is 5.75 Å². The standard InChI is InChI=1S/C24H22O4/c1-17(22(25)18-9-5-3-6-10-18)23(19-11-7-4-8-12-19)28-24(26)20-13-15-21(27-2)16-14-20/h3-17,23H,1-2H3. The summed E-state index contributed by atoms with van der Waals surface area (Å²) < 4.78 is 10.9. The first-order valence-electron chi connectivity index (χ1n) is 9.09. The summed E-state index contributed by atoms with van der Waals surface area (Å²) in [7, 11) is 1.57. The van der Waals surface area contributed by atoms with Crippen molar-refractivity contribution in [1.29, 1.82) is 0 Å². The number of ketones is 1. The van der Waals surface area contributed by atoms with E-state index >= 15 is 0 Å². The van der Waals surface area contributed by atoms with Gasteiger partial charge in [0.1, 0.15) is 11.9 Å². The van der Waals surface area contributed by atoms with Crippen molar-refractivity contribution in [2.24, 2.45) is 5.92 Å². The lowest BCUT2D eigenvalue weighted by atomic mass is 9.90. The van der Waals surface area contributed by atoms with Crippen LogP contribution in [0.2, 0.25) is 0 Å². The number of hydrogen-bond acceptors (Lipinski definition) is 4. The Hall–Kier alpha value is -3.40. The lowest BCUT2D eigenvalue weighted by molar-refractivity contribution is 0.0165. The third-order valence-corrected chi connectivity index (χ3v) is 4.61.